The first-order chi connectivity index (χ1) is 9.13. The lowest BCUT2D eigenvalue weighted by molar-refractivity contribution is 0.586. The molecule has 0 aliphatic carbocycles. The molecule has 0 saturated heterocycles. The van der Waals surface area contributed by atoms with E-state index in [0.717, 1.165) is 5.56 Å². The summed E-state index contributed by atoms with van der Waals surface area (Å²) in [5.41, 5.74) is 1.35. The average Bonchev–Trinajstić information content (AvgIpc) is 2.41. The zero-order valence-corrected chi connectivity index (χ0v) is 12.4. The molecular weight excluding hydrogens is 334 g/mol. The summed E-state index contributed by atoms with van der Waals surface area (Å²) >= 11 is 9.16. The summed E-state index contributed by atoms with van der Waals surface area (Å²) in [6, 6.07) is 11.4. The predicted molar refractivity (Wildman–Crippen MR) is 77.7 cm³/mol. The Labute approximate surface area is 124 Å². The Morgan fingerprint density at radius 3 is 2.37 bits per heavy atom. The summed E-state index contributed by atoms with van der Waals surface area (Å²) in [6.07, 6.45) is 0.489. The van der Waals surface area contributed by atoms with Crippen molar-refractivity contribution in [2.75, 3.05) is 5.88 Å². The molecule has 0 amide bonds. The average molecular weight is 346 g/mol. The molecule has 0 bridgehead atoms. The van der Waals surface area contributed by atoms with Crippen LogP contribution in [0.4, 0.5) is 8.78 Å². The zero-order valence-electron chi connectivity index (χ0n) is 10.0. The third-order valence-electron chi connectivity index (χ3n) is 3.03. The Bertz CT molecular complexity index is 572. The SMILES string of the molecule is Fc1ccccc1C(CCl)Cc1cccc(F)c1Br. The molecule has 0 nitrogen and oxygen atoms in total. The second kappa shape index (κ2) is 6.49. The molecule has 0 spiro atoms. The summed E-state index contributed by atoms with van der Waals surface area (Å²) in [6.45, 7) is 0. The second-order valence-corrected chi connectivity index (χ2v) is 5.39. The van der Waals surface area contributed by atoms with Crippen molar-refractivity contribution in [3.05, 3.63) is 69.7 Å². The molecule has 2 aromatic rings. The molecule has 0 fully saturated rings. The summed E-state index contributed by atoms with van der Waals surface area (Å²) in [4.78, 5) is 0. The lowest BCUT2D eigenvalue weighted by atomic mass is 9.93. The first-order valence-corrected chi connectivity index (χ1v) is 7.19. The molecular formula is C15H12BrClF2. The summed E-state index contributed by atoms with van der Waals surface area (Å²) in [5, 5.41) is 0. The minimum atomic E-state index is -0.320. The number of hydrogen-bond acceptors (Lipinski definition) is 0. The normalized spacial score (nSPS) is 12.4. The van der Waals surface area contributed by atoms with Crippen LogP contribution in [-0.4, -0.2) is 5.88 Å². The Morgan fingerprint density at radius 1 is 1.00 bits per heavy atom. The van der Waals surface area contributed by atoms with Gasteiger partial charge in [0, 0.05) is 11.8 Å². The van der Waals surface area contributed by atoms with E-state index >= 15 is 0 Å². The van der Waals surface area contributed by atoms with Gasteiger partial charge in [0.25, 0.3) is 0 Å². The molecule has 100 valence electrons. The summed E-state index contributed by atoms with van der Waals surface area (Å²) in [5.74, 6) is -0.495. The van der Waals surface area contributed by atoms with Crippen LogP contribution >= 0.6 is 27.5 Å². The molecule has 0 N–H and O–H groups in total. The van der Waals surface area contributed by atoms with E-state index in [1.807, 2.05) is 6.07 Å². The highest BCUT2D eigenvalue weighted by atomic mass is 79.9. The highest BCUT2D eigenvalue weighted by Gasteiger charge is 2.17. The van der Waals surface area contributed by atoms with Crippen molar-refractivity contribution < 1.29 is 8.78 Å². The molecule has 0 aromatic heterocycles. The van der Waals surface area contributed by atoms with Crippen LogP contribution < -0.4 is 0 Å². The molecule has 2 aromatic carbocycles. The van der Waals surface area contributed by atoms with Crippen molar-refractivity contribution in [3.63, 3.8) is 0 Å². The molecule has 1 unspecified atom stereocenters. The highest BCUT2D eigenvalue weighted by molar-refractivity contribution is 9.10. The molecule has 0 radical (unpaired) electrons. The van der Waals surface area contributed by atoms with Crippen molar-refractivity contribution in [2.45, 2.75) is 12.3 Å². The van der Waals surface area contributed by atoms with Crippen LogP contribution in [0.1, 0.15) is 17.0 Å². The maximum Gasteiger partial charge on any atom is 0.137 e. The van der Waals surface area contributed by atoms with Gasteiger partial charge in [0.2, 0.25) is 0 Å². The van der Waals surface area contributed by atoms with Crippen LogP contribution in [0, 0.1) is 11.6 Å². The smallest absolute Gasteiger partial charge is 0.137 e. The van der Waals surface area contributed by atoms with Crippen LogP contribution in [0.2, 0.25) is 0 Å². The summed E-state index contributed by atoms with van der Waals surface area (Å²) in [7, 11) is 0. The van der Waals surface area contributed by atoms with Gasteiger partial charge < -0.3 is 0 Å². The van der Waals surface area contributed by atoms with Gasteiger partial charge in [-0.1, -0.05) is 30.3 Å². The maximum absolute atomic E-state index is 13.8. The van der Waals surface area contributed by atoms with Gasteiger partial charge in [0.15, 0.2) is 0 Å². The van der Waals surface area contributed by atoms with E-state index in [2.05, 4.69) is 15.9 Å². The quantitative estimate of drug-likeness (QED) is 0.660. The Morgan fingerprint density at radius 2 is 1.68 bits per heavy atom. The van der Waals surface area contributed by atoms with Crippen molar-refractivity contribution in [1.82, 2.24) is 0 Å². The molecule has 1 atom stereocenters. The number of alkyl halides is 1. The van der Waals surface area contributed by atoms with Crippen molar-refractivity contribution in [1.29, 1.82) is 0 Å². The third kappa shape index (κ3) is 3.34. The lowest BCUT2D eigenvalue weighted by Crippen LogP contribution is -2.07. The van der Waals surface area contributed by atoms with Crippen molar-refractivity contribution >= 4 is 27.5 Å². The molecule has 19 heavy (non-hydrogen) atoms. The second-order valence-electron chi connectivity index (χ2n) is 4.29. The van der Waals surface area contributed by atoms with Gasteiger partial charge in [-0.2, -0.15) is 0 Å². The lowest BCUT2D eigenvalue weighted by Gasteiger charge is -2.16. The topological polar surface area (TPSA) is 0 Å². The van der Waals surface area contributed by atoms with Crippen LogP contribution in [0.15, 0.2) is 46.9 Å². The van der Waals surface area contributed by atoms with Crippen molar-refractivity contribution in [3.8, 4) is 0 Å². The van der Waals surface area contributed by atoms with Gasteiger partial charge in [-0.25, -0.2) is 8.78 Å². The minimum absolute atomic E-state index is 0.180. The molecule has 2 rings (SSSR count). The number of halogens is 4. The van der Waals surface area contributed by atoms with Crippen LogP contribution in [0.25, 0.3) is 0 Å². The predicted octanol–water partition coefficient (Wildman–Crippen LogP) is 5.29. The molecule has 0 saturated carbocycles. The Balaban J connectivity index is 2.30. The van der Waals surface area contributed by atoms with Gasteiger partial charge >= 0.3 is 0 Å². The van der Waals surface area contributed by atoms with E-state index in [1.165, 1.54) is 12.1 Å². The number of hydrogen-bond donors (Lipinski definition) is 0. The van der Waals surface area contributed by atoms with Gasteiger partial charge in [-0.05, 0) is 45.6 Å². The van der Waals surface area contributed by atoms with Crippen molar-refractivity contribution in [2.24, 2.45) is 0 Å². The Hall–Kier alpha value is -0.930. The van der Waals surface area contributed by atoms with E-state index in [4.69, 9.17) is 11.6 Å². The van der Waals surface area contributed by atoms with Crippen LogP contribution in [-0.2, 0) is 6.42 Å². The Kier molecular flexibility index (Phi) is 4.94. The monoisotopic (exact) mass is 344 g/mol. The maximum atomic E-state index is 13.8. The first-order valence-electron chi connectivity index (χ1n) is 5.86. The minimum Gasteiger partial charge on any atom is -0.207 e. The summed E-state index contributed by atoms with van der Waals surface area (Å²) < 4.78 is 27.6. The van der Waals surface area contributed by atoms with E-state index in [9.17, 15) is 8.78 Å². The third-order valence-corrected chi connectivity index (χ3v) is 4.29. The fourth-order valence-electron chi connectivity index (χ4n) is 2.03. The standard InChI is InChI=1S/C15H12BrClF2/c16-15-10(4-3-7-14(15)19)8-11(9-17)12-5-1-2-6-13(12)18/h1-7,11H,8-9H2. The van der Waals surface area contributed by atoms with E-state index in [0.29, 0.717) is 16.5 Å². The highest BCUT2D eigenvalue weighted by Crippen LogP contribution is 2.29. The van der Waals surface area contributed by atoms with E-state index in [1.54, 1.807) is 24.3 Å². The molecule has 0 aliphatic rings. The zero-order chi connectivity index (χ0) is 13.8. The van der Waals surface area contributed by atoms with E-state index in [-0.39, 0.29) is 23.4 Å². The van der Waals surface area contributed by atoms with Gasteiger partial charge in [0.1, 0.15) is 11.6 Å². The first kappa shape index (κ1) is 14.5. The molecule has 4 heteroatoms. The fourth-order valence-corrected chi connectivity index (χ4v) is 2.73. The molecule has 0 aliphatic heterocycles. The van der Waals surface area contributed by atoms with Crippen LogP contribution in [0.5, 0.6) is 0 Å². The van der Waals surface area contributed by atoms with Crippen LogP contribution in [0.3, 0.4) is 0 Å². The molecule has 0 heterocycles. The van der Waals surface area contributed by atoms with Gasteiger partial charge in [-0.15, -0.1) is 11.6 Å². The largest absolute Gasteiger partial charge is 0.207 e. The number of benzene rings is 2. The van der Waals surface area contributed by atoms with Gasteiger partial charge in [-0.3, -0.25) is 0 Å². The number of rotatable bonds is 4. The van der Waals surface area contributed by atoms with E-state index < -0.39 is 0 Å². The van der Waals surface area contributed by atoms with Gasteiger partial charge in [0.05, 0.1) is 4.47 Å². The fraction of sp³-hybridized carbons (Fsp3) is 0.200.